The van der Waals surface area contributed by atoms with Crippen molar-refractivity contribution in [2.45, 2.75) is 10.4 Å². The summed E-state index contributed by atoms with van der Waals surface area (Å²) in [5.74, 6) is -1.07. The van der Waals surface area contributed by atoms with Gasteiger partial charge in [-0.15, -0.1) is 11.3 Å². The van der Waals surface area contributed by atoms with Crippen LogP contribution in [0, 0.1) is 0 Å². The first-order valence-corrected chi connectivity index (χ1v) is 6.01. The van der Waals surface area contributed by atoms with Gasteiger partial charge in [0.05, 0.1) is 0 Å². The Labute approximate surface area is 102 Å². The van der Waals surface area contributed by atoms with E-state index >= 15 is 0 Å². The van der Waals surface area contributed by atoms with E-state index in [1.807, 2.05) is 0 Å². The van der Waals surface area contributed by atoms with Crippen LogP contribution in [0.3, 0.4) is 0 Å². The molecule has 2 aromatic rings. The van der Waals surface area contributed by atoms with Gasteiger partial charge in [-0.1, -0.05) is 0 Å². The molecular weight excluding hydrogens is 273 g/mol. The molecule has 2 rings (SSSR count). The highest BCUT2D eigenvalue weighted by Crippen LogP contribution is 2.38. The second kappa shape index (κ2) is 4.23. The van der Waals surface area contributed by atoms with Gasteiger partial charge in [0, 0.05) is 9.60 Å². The van der Waals surface area contributed by atoms with E-state index < -0.39 is 11.5 Å². The molecule has 7 heteroatoms. The zero-order chi connectivity index (χ0) is 12.6. The molecule has 0 fully saturated rings. The lowest BCUT2D eigenvalue weighted by Gasteiger charge is -2.04. The van der Waals surface area contributed by atoms with Crippen molar-refractivity contribution in [2.75, 3.05) is 0 Å². The van der Waals surface area contributed by atoms with Crippen molar-refractivity contribution >= 4 is 39.2 Å². The average molecular weight is 278 g/mol. The van der Waals surface area contributed by atoms with Gasteiger partial charge < -0.3 is 5.11 Å². The van der Waals surface area contributed by atoms with Crippen LogP contribution < -0.4 is 0 Å². The van der Waals surface area contributed by atoms with Gasteiger partial charge >= 0.3 is 11.5 Å². The molecule has 2 nitrogen and oxygen atoms in total. The normalized spacial score (nSPS) is 11.9. The van der Waals surface area contributed by atoms with Gasteiger partial charge in [0.15, 0.2) is 0 Å². The van der Waals surface area contributed by atoms with Gasteiger partial charge in [-0.25, -0.2) is 4.79 Å². The van der Waals surface area contributed by atoms with Gasteiger partial charge in [-0.3, -0.25) is 0 Å². The SMILES string of the molecule is O=C(O)c1cc2cc(SC(F)(F)F)ccc2s1. The predicted molar refractivity (Wildman–Crippen MR) is 60.7 cm³/mol. The summed E-state index contributed by atoms with van der Waals surface area (Å²) in [6.07, 6.45) is 0. The standard InChI is InChI=1S/C10H5F3O2S2/c11-10(12,13)17-6-1-2-7-5(3-6)4-8(16-7)9(14)15/h1-4H,(H,14,15). The van der Waals surface area contributed by atoms with Crippen LogP contribution in [0.25, 0.3) is 10.1 Å². The quantitative estimate of drug-likeness (QED) is 0.836. The monoisotopic (exact) mass is 278 g/mol. The average Bonchev–Trinajstić information content (AvgIpc) is 2.57. The largest absolute Gasteiger partial charge is 0.477 e. The number of carboxylic acid groups (broad SMARTS) is 1. The Hall–Kier alpha value is -1.21. The molecule has 1 aromatic carbocycles. The summed E-state index contributed by atoms with van der Waals surface area (Å²) in [5.41, 5.74) is -4.33. The van der Waals surface area contributed by atoms with Gasteiger partial charge in [0.2, 0.25) is 0 Å². The highest BCUT2D eigenvalue weighted by molar-refractivity contribution is 8.00. The van der Waals surface area contributed by atoms with Crippen LogP contribution >= 0.6 is 23.1 Å². The third-order valence-corrected chi connectivity index (χ3v) is 3.76. The van der Waals surface area contributed by atoms with Crippen molar-refractivity contribution in [1.82, 2.24) is 0 Å². The number of thiophene rings is 1. The second-order valence-corrected chi connectivity index (χ2v) is 5.39. The Morgan fingerprint density at radius 3 is 2.59 bits per heavy atom. The van der Waals surface area contributed by atoms with Crippen molar-refractivity contribution < 1.29 is 23.1 Å². The van der Waals surface area contributed by atoms with Gasteiger partial charge in [0.1, 0.15) is 4.88 Å². The first kappa shape index (κ1) is 12.3. The lowest BCUT2D eigenvalue weighted by Crippen LogP contribution is -1.98. The lowest BCUT2D eigenvalue weighted by molar-refractivity contribution is -0.0328. The molecule has 17 heavy (non-hydrogen) atoms. The Bertz CT molecular complexity index is 574. The van der Waals surface area contributed by atoms with Gasteiger partial charge in [-0.05, 0) is 41.4 Å². The van der Waals surface area contributed by atoms with E-state index in [2.05, 4.69) is 0 Å². The van der Waals surface area contributed by atoms with Gasteiger partial charge in [-0.2, -0.15) is 13.2 Å². The molecule has 1 heterocycles. The molecule has 0 bridgehead atoms. The molecule has 0 saturated carbocycles. The molecule has 0 aliphatic heterocycles. The minimum absolute atomic E-state index is 0.0553. The maximum atomic E-state index is 12.1. The number of thioether (sulfide) groups is 1. The molecular formula is C10H5F3O2S2. The predicted octanol–water partition coefficient (Wildman–Crippen LogP) is 4.21. The highest BCUT2D eigenvalue weighted by atomic mass is 32.2. The molecule has 1 N–H and O–H groups in total. The molecule has 0 aliphatic rings. The number of aromatic carboxylic acids is 1. The summed E-state index contributed by atoms with van der Waals surface area (Å²) in [6.45, 7) is 0. The number of hydrogen-bond acceptors (Lipinski definition) is 3. The molecule has 90 valence electrons. The fourth-order valence-electron chi connectivity index (χ4n) is 1.32. The number of rotatable bonds is 2. The number of halogens is 3. The molecule has 0 amide bonds. The van der Waals surface area contributed by atoms with Crippen molar-refractivity contribution in [3.63, 3.8) is 0 Å². The smallest absolute Gasteiger partial charge is 0.446 e. The van der Waals surface area contributed by atoms with Gasteiger partial charge in [0.25, 0.3) is 0 Å². The summed E-state index contributed by atoms with van der Waals surface area (Å²) in [5, 5.41) is 9.28. The van der Waals surface area contributed by atoms with Crippen LogP contribution in [0.15, 0.2) is 29.2 Å². The van der Waals surface area contributed by atoms with Crippen LogP contribution in [0.5, 0.6) is 0 Å². The maximum Gasteiger partial charge on any atom is 0.446 e. The second-order valence-electron chi connectivity index (χ2n) is 3.16. The zero-order valence-corrected chi connectivity index (χ0v) is 9.75. The number of carbonyl (C=O) groups is 1. The third-order valence-electron chi connectivity index (χ3n) is 1.93. The molecule has 0 aliphatic carbocycles. The minimum atomic E-state index is -4.33. The Morgan fingerprint density at radius 2 is 2.00 bits per heavy atom. The molecule has 0 spiro atoms. The van der Waals surface area contributed by atoms with Crippen molar-refractivity contribution in [2.24, 2.45) is 0 Å². The zero-order valence-electron chi connectivity index (χ0n) is 8.12. The molecule has 0 saturated heterocycles. The Morgan fingerprint density at radius 1 is 1.29 bits per heavy atom. The summed E-state index contributed by atoms with van der Waals surface area (Å²) in [6, 6.07) is 5.56. The van der Waals surface area contributed by atoms with E-state index in [9.17, 15) is 18.0 Å². The van der Waals surface area contributed by atoms with Crippen LogP contribution in [0.2, 0.25) is 0 Å². The van der Waals surface area contributed by atoms with Crippen LogP contribution in [-0.2, 0) is 0 Å². The molecule has 0 atom stereocenters. The molecule has 0 unspecified atom stereocenters. The summed E-state index contributed by atoms with van der Waals surface area (Å²) in [4.78, 5) is 10.9. The molecule has 1 aromatic heterocycles. The van der Waals surface area contributed by atoms with E-state index in [4.69, 9.17) is 5.11 Å². The topological polar surface area (TPSA) is 37.3 Å². The first-order valence-electron chi connectivity index (χ1n) is 4.38. The first-order chi connectivity index (χ1) is 7.85. The van der Waals surface area contributed by atoms with Crippen molar-refractivity contribution in [3.05, 3.63) is 29.1 Å². The third kappa shape index (κ3) is 2.92. The number of carboxylic acids is 1. The van der Waals surface area contributed by atoms with E-state index in [1.54, 1.807) is 0 Å². The molecule has 0 radical (unpaired) electrons. The highest BCUT2D eigenvalue weighted by Gasteiger charge is 2.29. The number of alkyl halides is 3. The van der Waals surface area contributed by atoms with Crippen LogP contribution in [0.4, 0.5) is 13.2 Å². The Balaban J connectivity index is 2.40. The van der Waals surface area contributed by atoms with Crippen molar-refractivity contribution in [1.29, 1.82) is 0 Å². The summed E-state index contributed by atoms with van der Waals surface area (Å²) in [7, 11) is 0. The van der Waals surface area contributed by atoms with Crippen molar-refractivity contribution in [3.8, 4) is 0 Å². The minimum Gasteiger partial charge on any atom is -0.477 e. The fourth-order valence-corrected chi connectivity index (χ4v) is 2.80. The van der Waals surface area contributed by atoms with Crippen LogP contribution in [-0.4, -0.2) is 16.6 Å². The van der Waals surface area contributed by atoms with E-state index in [0.717, 1.165) is 11.3 Å². The van der Waals surface area contributed by atoms with E-state index in [0.29, 0.717) is 10.1 Å². The fraction of sp³-hybridized carbons (Fsp3) is 0.100. The number of hydrogen-bond donors (Lipinski definition) is 1. The lowest BCUT2D eigenvalue weighted by atomic mass is 10.2. The van der Waals surface area contributed by atoms with E-state index in [1.165, 1.54) is 24.3 Å². The van der Waals surface area contributed by atoms with E-state index in [-0.39, 0.29) is 21.5 Å². The maximum absolute atomic E-state index is 12.1. The number of fused-ring (bicyclic) bond motifs is 1. The van der Waals surface area contributed by atoms with Crippen LogP contribution in [0.1, 0.15) is 9.67 Å². The summed E-state index contributed by atoms with van der Waals surface area (Å²) >= 11 is 0.832. The number of benzene rings is 1. The Kier molecular flexibility index (Phi) is 3.05. The summed E-state index contributed by atoms with van der Waals surface area (Å²) < 4.78 is 37.1.